The van der Waals surface area contributed by atoms with Crippen LogP contribution in [0.15, 0.2) is 22.6 Å². The molecule has 0 aliphatic heterocycles. The molecular formula is C12H16N4O3. The molecule has 2 rings (SSSR count). The largest absolute Gasteiger partial charge is 0.424 e. The lowest BCUT2D eigenvalue weighted by molar-refractivity contribution is -0.384. The number of aromatic nitrogens is 1. The van der Waals surface area contributed by atoms with Crippen molar-refractivity contribution in [3.8, 4) is 0 Å². The van der Waals surface area contributed by atoms with E-state index in [1.165, 1.54) is 12.1 Å². The summed E-state index contributed by atoms with van der Waals surface area (Å²) in [7, 11) is 3.96. The first kappa shape index (κ1) is 13.3. The summed E-state index contributed by atoms with van der Waals surface area (Å²) in [5.41, 5.74) is 1.02. The predicted molar refractivity (Wildman–Crippen MR) is 72.3 cm³/mol. The predicted octanol–water partition coefficient (Wildman–Crippen LogP) is 2.10. The molecule has 0 aliphatic carbocycles. The minimum Gasteiger partial charge on any atom is -0.424 e. The van der Waals surface area contributed by atoms with Gasteiger partial charge in [0.2, 0.25) is 0 Å². The van der Waals surface area contributed by atoms with Crippen molar-refractivity contribution in [3.05, 3.63) is 28.3 Å². The van der Waals surface area contributed by atoms with E-state index in [0.29, 0.717) is 17.1 Å². The number of nitrogens with zero attached hydrogens (tertiary/aromatic N) is 3. The van der Waals surface area contributed by atoms with Crippen molar-refractivity contribution in [1.29, 1.82) is 0 Å². The summed E-state index contributed by atoms with van der Waals surface area (Å²) in [5, 5.41) is 13.8. The maximum atomic E-state index is 10.7. The zero-order chi connectivity index (χ0) is 14.0. The maximum Gasteiger partial charge on any atom is 0.295 e. The van der Waals surface area contributed by atoms with Crippen molar-refractivity contribution in [1.82, 2.24) is 9.88 Å². The maximum absolute atomic E-state index is 10.7. The monoisotopic (exact) mass is 264 g/mol. The minimum atomic E-state index is -0.449. The molecule has 7 nitrogen and oxygen atoms in total. The summed E-state index contributed by atoms with van der Waals surface area (Å²) in [6.07, 6.45) is 0. The van der Waals surface area contributed by atoms with Crippen molar-refractivity contribution in [2.75, 3.05) is 26.0 Å². The molecule has 1 aromatic heterocycles. The van der Waals surface area contributed by atoms with Crippen LogP contribution < -0.4 is 5.32 Å². The van der Waals surface area contributed by atoms with Gasteiger partial charge in [-0.05, 0) is 27.1 Å². The molecular weight excluding hydrogens is 248 g/mol. The average Bonchev–Trinajstić information content (AvgIpc) is 2.68. The van der Waals surface area contributed by atoms with Crippen molar-refractivity contribution in [3.63, 3.8) is 0 Å². The van der Waals surface area contributed by atoms with E-state index in [4.69, 9.17) is 4.42 Å². The number of likely N-dealkylation sites (N-methyl/N-ethyl adjacent to an activating group) is 1. The lowest BCUT2D eigenvalue weighted by atomic mass is 10.3. The molecule has 0 aliphatic rings. The third-order valence-corrected chi connectivity index (χ3v) is 2.59. The number of oxazole rings is 1. The van der Waals surface area contributed by atoms with Gasteiger partial charge in [0, 0.05) is 24.7 Å². The lowest BCUT2D eigenvalue weighted by Crippen LogP contribution is -2.29. The van der Waals surface area contributed by atoms with Crippen LogP contribution in [0.2, 0.25) is 0 Å². The van der Waals surface area contributed by atoms with Crippen LogP contribution in [0.25, 0.3) is 11.1 Å². The molecule has 1 N–H and O–H groups in total. The van der Waals surface area contributed by atoms with E-state index in [9.17, 15) is 10.1 Å². The molecule has 1 atom stereocenters. The van der Waals surface area contributed by atoms with Gasteiger partial charge in [0.15, 0.2) is 5.58 Å². The van der Waals surface area contributed by atoms with E-state index in [2.05, 4.69) is 10.3 Å². The minimum absolute atomic E-state index is 0.00805. The molecule has 1 unspecified atom stereocenters. The highest BCUT2D eigenvalue weighted by molar-refractivity contribution is 5.77. The molecule has 0 saturated heterocycles. The van der Waals surface area contributed by atoms with Gasteiger partial charge in [-0.25, -0.2) is 0 Å². The fourth-order valence-corrected chi connectivity index (χ4v) is 1.90. The van der Waals surface area contributed by atoms with Gasteiger partial charge in [0.05, 0.1) is 4.92 Å². The third kappa shape index (κ3) is 3.19. The molecule has 0 amide bonds. The van der Waals surface area contributed by atoms with E-state index < -0.39 is 4.92 Å². The third-order valence-electron chi connectivity index (χ3n) is 2.59. The van der Waals surface area contributed by atoms with E-state index in [1.54, 1.807) is 6.07 Å². The summed E-state index contributed by atoms with van der Waals surface area (Å²) in [6, 6.07) is 4.91. The summed E-state index contributed by atoms with van der Waals surface area (Å²) >= 11 is 0. The fraction of sp³-hybridized carbons (Fsp3) is 0.417. The van der Waals surface area contributed by atoms with Crippen LogP contribution in [0, 0.1) is 10.1 Å². The molecule has 1 aromatic carbocycles. The fourth-order valence-electron chi connectivity index (χ4n) is 1.90. The summed E-state index contributed by atoms with van der Waals surface area (Å²) in [5.74, 6) is 0. The van der Waals surface area contributed by atoms with Crippen LogP contribution in [0.1, 0.15) is 6.92 Å². The molecule has 7 heteroatoms. The second-order valence-electron chi connectivity index (χ2n) is 4.74. The van der Waals surface area contributed by atoms with E-state index in [0.717, 1.165) is 6.54 Å². The molecule has 2 aromatic rings. The Bertz CT molecular complexity index is 594. The number of fused-ring (bicyclic) bond motifs is 1. The molecule has 0 bridgehead atoms. The zero-order valence-corrected chi connectivity index (χ0v) is 11.1. The van der Waals surface area contributed by atoms with Gasteiger partial charge < -0.3 is 14.6 Å². The Labute approximate surface area is 110 Å². The number of hydrogen-bond donors (Lipinski definition) is 1. The first-order chi connectivity index (χ1) is 8.95. The summed E-state index contributed by atoms with van der Waals surface area (Å²) in [6.45, 7) is 2.84. The van der Waals surface area contributed by atoms with Gasteiger partial charge >= 0.3 is 0 Å². The van der Waals surface area contributed by atoms with Crippen molar-refractivity contribution in [2.45, 2.75) is 13.0 Å². The molecule has 102 valence electrons. The van der Waals surface area contributed by atoms with E-state index in [1.807, 2.05) is 25.9 Å². The molecule has 0 radical (unpaired) electrons. The second-order valence-corrected chi connectivity index (χ2v) is 4.74. The number of benzene rings is 1. The smallest absolute Gasteiger partial charge is 0.295 e. The van der Waals surface area contributed by atoms with E-state index >= 15 is 0 Å². The Morgan fingerprint density at radius 3 is 2.89 bits per heavy atom. The first-order valence-corrected chi connectivity index (χ1v) is 5.92. The number of rotatable bonds is 5. The molecule has 19 heavy (non-hydrogen) atoms. The number of nitro groups is 1. The van der Waals surface area contributed by atoms with Crippen LogP contribution in [-0.4, -0.2) is 41.5 Å². The molecule has 0 fully saturated rings. The number of nitro benzene ring substituents is 1. The second kappa shape index (κ2) is 5.23. The van der Waals surface area contributed by atoms with Gasteiger partial charge in [-0.1, -0.05) is 0 Å². The molecule has 1 heterocycles. The summed E-state index contributed by atoms with van der Waals surface area (Å²) < 4.78 is 5.49. The van der Waals surface area contributed by atoms with Gasteiger partial charge in [-0.2, -0.15) is 4.98 Å². The highest BCUT2D eigenvalue weighted by Crippen LogP contribution is 2.23. The average molecular weight is 264 g/mol. The Balaban J connectivity index is 2.19. The van der Waals surface area contributed by atoms with Crippen LogP contribution in [-0.2, 0) is 0 Å². The van der Waals surface area contributed by atoms with Crippen molar-refractivity contribution >= 4 is 22.8 Å². The Hall–Kier alpha value is -2.15. The topological polar surface area (TPSA) is 84.4 Å². The normalized spacial score (nSPS) is 12.8. The Kier molecular flexibility index (Phi) is 3.66. The van der Waals surface area contributed by atoms with Gasteiger partial charge in [-0.15, -0.1) is 0 Å². The Morgan fingerprint density at radius 2 is 2.26 bits per heavy atom. The quantitative estimate of drug-likeness (QED) is 0.657. The number of nitrogens with one attached hydrogen (secondary N) is 1. The van der Waals surface area contributed by atoms with E-state index in [-0.39, 0.29) is 11.7 Å². The SMILES string of the molecule is CC(CN(C)C)Nc1nc2cc([N+](=O)[O-])ccc2o1. The van der Waals surface area contributed by atoms with Crippen molar-refractivity contribution in [2.24, 2.45) is 0 Å². The van der Waals surface area contributed by atoms with Crippen LogP contribution >= 0.6 is 0 Å². The highest BCUT2D eigenvalue weighted by atomic mass is 16.6. The van der Waals surface area contributed by atoms with Crippen LogP contribution in [0.4, 0.5) is 11.7 Å². The lowest BCUT2D eigenvalue weighted by Gasteiger charge is -2.16. The molecule has 0 saturated carbocycles. The van der Waals surface area contributed by atoms with Gasteiger partial charge in [-0.3, -0.25) is 10.1 Å². The van der Waals surface area contributed by atoms with Gasteiger partial charge in [0.25, 0.3) is 11.7 Å². The number of anilines is 1. The van der Waals surface area contributed by atoms with Gasteiger partial charge in [0.1, 0.15) is 5.52 Å². The van der Waals surface area contributed by atoms with Crippen LogP contribution in [0.3, 0.4) is 0 Å². The number of non-ortho nitro benzene ring substituents is 1. The van der Waals surface area contributed by atoms with Crippen LogP contribution in [0.5, 0.6) is 0 Å². The number of hydrogen-bond acceptors (Lipinski definition) is 6. The first-order valence-electron chi connectivity index (χ1n) is 5.92. The summed E-state index contributed by atoms with van der Waals surface area (Å²) in [4.78, 5) is 16.5. The van der Waals surface area contributed by atoms with Crippen molar-refractivity contribution < 1.29 is 9.34 Å². The zero-order valence-electron chi connectivity index (χ0n) is 11.1. The molecule has 0 spiro atoms. The standard InChI is InChI=1S/C12H16N4O3/c1-8(7-15(2)3)13-12-14-10-6-9(16(17)18)4-5-11(10)19-12/h4-6,8H,7H2,1-3H3,(H,13,14). The Morgan fingerprint density at radius 1 is 1.53 bits per heavy atom. The highest BCUT2D eigenvalue weighted by Gasteiger charge is 2.13.